The Kier molecular flexibility index (Phi) is 6.08. The SMILES string of the molecule is CC(=O)N1CCCC[C@@H]1CC(=O)N[C@@H]1CCN(Cc2ccccc2)C1. The van der Waals surface area contributed by atoms with E-state index in [2.05, 4.69) is 34.5 Å². The summed E-state index contributed by atoms with van der Waals surface area (Å²) in [7, 11) is 0. The molecule has 5 nitrogen and oxygen atoms in total. The molecule has 2 aliphatic heterocycles. The summed E-state index contributed by atoms with van der Waals surface area (Å²) in [4.78, 5) is 28.4. The van der Waals surface area contributed by atoms with E-state index < -0.39 is 0 Å². The molecule has 0 unspecified atom stereocenters. The fourth-order valence-electron chi connectivity index (χ4n) is 4.06. The number of likely N-dealkylation sites (tertiary alicyclic amines) is 2. The minimum atomic E-state index is 0.0769. The lowest BCUT2D eigenvalue weighted by atomic mass is 9.99. The van der Waals surface area contributed by atoms with Crippen LogP contribution in [0.2, 0.25) is 0 Å². The van der Waals surface area contributed by atoms with E-state index >= 15 is 0 Å². The molecule has 1 aromatic rings. The predicted octanol–water partition coefficient (Wildman–Crippen LogP) is 2.17. The molecule has 0 spiro atoms. The number of amides is 2. The van der Waals surface area contributed by atoms with Crippen molar-refractivity contribution in [3.8, 4) is 0 Å². The molecule has 136 valence electrons. The Morgan fingerprint density at radius 1 is 1.12 bits per heavy atom. The van der Waals surface area contributed by atoms with Gasteiger partial charge in [0, 0.05) is 51.6 Å². The summed E-state index contributed by atoms with van der Waals surface area (Å²) in [6.45, 7) is 5.26. The molecule has 0 bridgehead atoms. The second-order valence-electron chi connectivity index (χ2n) is 7.34. The van der Waals surface area contributed by atoms with Crippen LogP contribution in [-0.4, -0.2) is 53.3 Å². The summed E-state index contributed by atoms with van der Waals surface area (Å²) >= 11 is 0. The van der Waals surface area contributed by atoms with Crippen molar-refractivity contribution in [2.45, 2.75) is 57.7 Å². The Morgan fingerprint density at radius 3 is 2.68 bits per heavy atom. The van der Waals surface area contributed by atoms with Gasteiger partial charge in [0.05, 0.1) is 0 Å². The van der Waals surface area contributed by atoms with Crippen LogP contribution in [0, 0.1) is 0 Å². The minimum Gasteiger partial charge on any atom is -0.352 e. The highest BCUT2D eigenvalue weighted by Gasteiger charge is 2.28. The van der Waals surface area contributed by atoms with Gasteiger partial charge in [-0.2, -0.15) is 0 Å². The highest BCUT2D eigenvalue weighted by molar-refractivity contribution is 5.79. The number of hydrogen-bond acceptors (Lipinski definition) is 3. The van der Waals surface area contributed by atoms with Crippen LogP contribution in [0.4, 0.5) is 0 Å². The number of carbonyl (C=O) groups excluding carboxylic acids is 2. The molecule has 0 saturated carbocycles. The number of hydrogen-bond donors (Lipinski definition) is 1. The van der Waals surface area contributed by atoms with Gasteiger partial charge in [0.1, 0.15) is 0 Å². The summed E-state index contributed by atoms with van der Waals surface area (Å²) in [6, 6.07) is 10.8. The van der Waals surface area contributed by atoms with E-state index in [1.165, 1.54) is 5.56 Å². The van der Waals surface area contributed by atoms with Crippen LogP contribution in [0.25, 0.3) is 0 Å². The largest absolute Gasteiger partial charge is 0.352 e. The third-order valence-corrected chi connectivity index (χ3v) is 5.34. The van der Waals surface area contributed by atoms with Crippen LogP contribution >= 0.6 is 0 Å². The van der Waals surface area contributed by atoms with Crippen LogP contribution in [0.3, 0.4) is 0 Å². The molecule has 2 saturated heterocycles. The Hall–Kier alpha value is -1.88. The first-order valence-electron chi connectivity index (χ1n) is 9.44. The number of nitrogens with one attached hydrogen (secondary N) is 1. The lowest BCUT2D eigenvalue weighted by Gasteiger charge is -2.35. The van der Waals surface area contributed by atoms with Gasteiger partial charge in [-0.1, -0.05) is 30.3 Å². The summed E-state index contributed by atoms with van der Waals surface area (Å²) < 4.78 is 0. The van der Waals surface area contributed by atoms with Gasteiger partial charge >= 0.3 is 0 Å². The summed E-state index contributed by atoms with van der Waals surface area (Å²) in [5.74, 6) is 0.178. The molecule has 25 heavy (non-hydrogen) atoms. The molecule has 2 amide bonds. The van der Waals surface area contributed by atoms with Crippen molar-refractivity contribution in [2.75, 3.05) is 19.6 Å². The van der Waals surface area contributed by atoms with Crippen LogP contribution in [0.15, 0.2) is 30.3 Å². The molecule has 2 atom stereocenters. The second kappa shape index (κ2) is 8.48. The number of carbonyl (C=O) groups is 2. The number of rotatable bonds is 5. The van der Waals surface area contributed by atoms with Crippen molar-refractivity contribution < 1.29 is 9.59 Å². The topological polar surface area (TPSA) is 52.7 Å². The number of benzene rings is 1. The monoisotopic (exact) mass is 343 g/mol. The van der Waals surface area contributed by atoms with Gasteiger partial charge < -0.3 is 10.2 Å². The Balaban J connectivity index is 1.45. The molecule has 0 aliphatic carbocycles. The Bertz CT molecular complexity index is 590. The quantitative estimate of drug-likeness (QED) is 0.891. The predicted molar refractivity (Wildman–Crippen MR) is 97.9 cm³/mol. The minimum absolute atomic E-state index is 0.0769. The van der Waals surface area contributed by atoms with Crippen LogP contribution in [0.1, 0.15) is 44.6 Å². The summed E-state index contributed by atoms with van der Waals surface area (Å²) in [5, 5.41) is 3.18. The van der Waals surface area contributed by atoms with Crippen molar-refractivity contribution >= 4 is 11.8 Å². The molecule has 2 heterocycles. The maximum atomic E-state index is 12.4. The lowest BCUT2D eigenvalue weighted by molar-refractivity contribution is -0.134. The third kappa shape index (κ3) is 5.05. The van der Waals surface area contributed by atoms with Gasteiger partial charge in [0.25, 0.3) is 0 Å². The van der Waals surface area contributed by atoms with Crippen molar-refractivity contribution in [1.82, 2.24) is 15.1 Å². The second-order valence-corrected chi connectivity index (χ2v) is 7.34. The van der Waals surface area contributed by atoms with Gasteiger partial charge in [-0.25, -0.2) is 0 Å². The van der Waals surface area contributed by atoms with Crippen molar-refractivity contribution in [3.05, 3.63) is 35.9 Å². The summed E-state index contributed by atoms with van der Waals surface area (Å²) in [6.07, 6.45) is 4.54. The zero-order valence-electron chi connectivity index (χ0n) is 15.1. The Labute approximate surface area is 150 Å². The third-order valence-electron chi connectivity index (χ3n) is 5.34. The van der Waals surface area contributed by atoms with Gasteiger partial charge in [-0.05, 0) is 31.2 Å². The molecule has 1 N–H and O–H groups in total. The average Bonchev–Trinajstić information content (AvgIpc) is 3.02. The van der Waals surface area contributed by atoms with Gasteiger partial charge in [-0.15, -0.1) is 0 Å². The molecule has 2 fully saturated rings. The Morgan fingerprint density at radius 2 is 1.92 bits per heavy atom. The molecule has 0 radical (unpaired) electrons. The average molecular weight is 343 g/mol. The molecule has 3 rings (SSSR count). The van der Waals surface area contributed by atoms with Crippen molar-refractivity contribution in [1.29, 1.82) is 0 Å². The van der Waals surface area contributed by atoms with Crippen LogP contribution < -0.4 is 5.32 Å². The molecule has 1 aromatic carbocycles. The number of piperidine rings is 1. The maximum Gasteiger partial charge on any atom is 0.222 e. The first kappa shape index (κ1) is 17.9. The van der Waals surface area contributed by atoms with E-state index in [1.807, 2.05) is 11.0 Å². The molecule has 0 aromatic heterocycles. The van der Waals surface area contributed by atoms with Gasteiger partial charge in [-0.3, -0.25) is 14.5 Å². The van der Waals surface area contributed by atoms with E-state index in [0.717, 1.165) is 51.9 Å². The lowest BCUT2D eigenvalue weighted by Crippen LogP contribution is -2.46. The first-order chi connectivity index (χ1) is 12.1. The van der Waals surface area contributed by atoms with E-state index in [0.29, 0.717) is 6.42 Å². The molecule has 2 aliphatic rings. The first-order valence-corrected chi connectivity index (χ1v) is 9.44. The normalized spacial score (nSPS) is 24.3. The van der Waals surface area contributed by atoms with Gasteiger partial charge in [0.15, 0.2) is 0 Å². The van der Waals surface area contributed by atoms with E-state index in [9.17, 15) is 9.59 Å². The van der Waals surface area contributed by atoms with Crippen molar-refractivity contribution in [2.24, 2.45) is 0 Å². The van der Waals surface area contributed by atoms with Crippen LogP contribution in [0.5, 0.6) is 0 Å². The van der Waals surface area contributed by atoms with Crippen LogP contribution in [-0.2, 0) is 16.1 Å². The highest BCUT2D eigenvalue weighted by atomic mass is 16.2. The van der Waals surface area contributed by atoms with E-state index in [1.54, 1.807) is 6.92 Å². The van der Waals surface area contributed by atoms with E-state index in [-0.39, 0.29) is 23.9 Å². The fraction of sp³-hybridized carbons (Fsp3) is 0.600. The molecule has 5 heteroatoms. The number of nitrogens with zero attached hydrogens (tertiary/aromatic N) is 2. The zero-order chi connectivity index (χ0) is 17.6. The smallest absolute Gasteiger partial charge is 0.222 e. The standard InChI is InChI=1S/C20H29N3O2/c1-16(24)23-11-6-5-9-19(23)13-20(25)21-18-10-12-22(15-18)14-17-7-3-2-4-8-17/h2-4,7-8,18-19H,5-6,9-15H2,1H3,(H,21,25)/t18-,19-/m1/s1. The molecular weight excluding hydrogens is 314 g/mol. The fourth-order valence-corrected chi connectivity index (χ4v) is 4.06. The van der Waals surface area contributed by atoms with E-state index in [4.69, 9.17) is 0 Å². The maximum absolute atomic E-state index is 12.4. The molecular formula is C20H29N3O2. The van der Waals surface area contributed by atoms with Crippen molar-refractivity contribution in [3.63, 3.8) is 0 Å². The zero-order valence-corrected chi connectivity index (χ0v) is 15.1. The summed E-state index contributed by atoms with van der Waals surface area (Å²) in [5.41, 5.74) is 1.31. The highest BCUT2D eigenvalue weighted by Crippen LogP contribution is 2.20. The van der Waals surface area contributed by atoms with Gasteiger partial charge in [0.2, 0.25) is 11.8 Å².